The zero-order valence-corrected chi connectivity index (χ0v) is 55.0. The van der Waals surface area contributed by atoms with Crippen LogP contribution in [0, 0.1) is 5.92 Å². The number of likely N-dealkylation sites (N-methyl/N-ethyl adjacent to an activating group) is 1. The average Bonchev–Trinajstić information content (AvgIpc) is 1.79. The highest BCUT2D eigenvalue weighted by Crippen LogP contribution is 2.25. The highest BCUT2D eigenvalue weighted by atomic mass is 35.5. The summed E-state index contributed by atoms with van der Waals surface area (Å²) in [6.07, 6.45) is 6.32. The number of carbonyl (C=O) groups excluding carboxylic acids is 10. The van der Waals surface area contributed by atoms with Gasteiger partial charge in [-0.1, -0.05) is 98.3 Å². The second kappa shape index (κ2) is 32.9. The lowest BCUT2D eigenvalue weighted by Crippen LogP contribution is -2.62. The van der Waals surface area contributed by atoms with Crippen LogP contribution in [0.1, 0.15) is 74.6 Å². The second-order valence-corrected chi connectivity index (χ2v) is 25.5. The lowest BCUT2D eigenvalue weighted by Gasteiger charge is -2.34. The third-order valence-corrected chi connectivity index (χ3v) is 17.9. The maximum absolute atomic E-state index is 15.5. The molecule has 97 heavy (non-hydrogen) atoms. The van der Waals surface area contributed by atoms with Gasteiger partial charge in [0, 0.05) is 105 Å². The Hall–Kier alpha value is -10.3. The molecule has 0 spiro atoms. The summed E-state index contributed by atoms with van der Waals surface area (Å²) in [6, 6.07) is 14.2. The Kier molecular flexibility index (Phi) is 24.1. The first kappa shape index (κ1) is 71.0. The number of aliphatic imine (C=N–C) groups is 1. The number of halogens is 1. The minimum absolute atomic E-state index is 0.00227. The van der Waals surface area contributed by atoms with E-state index in [2.05, 4.69) is 52.2 Å². The molecule has 0 unspecified atom stereocenters. The molecule has 0 saturated carbocycles. The number of fused-ring (bicyclic) bond motifs is 4. The molecular weight excluding hydrogens is 1270 g/mol. The fourth-order valence-corrected chi connectivity index (χ4v) is 12.6. The number of amides is 10. The molecule has 2 fully saturated rings. The lowest BCUT2D eigenvalue weighted by atomic mass is 9.98. The molecule has 2 aromatic heterocycles. The molecule has 6 aromatic rings. The smallest absolute Gasteiger partial charge is 0.247 e. The number of nitrogens with two attached hydrogens (primary N) is 2. The van der Waals surface area contributed by atoms with E-state index in [1.807, 2.05) is 38.1 Å². The Labute approximate surface area is 565 Å². The van der Waals surface area contributed by atoms with Crippen molar-refractivity contribution in [2.75, 3.05) is 39.8 Å². The molecule has 27 nitrogen and oxygen atoms in total. The molecule has 2 saturated heterocycles. The van der Waals surface area contributed by atoms with E-state index >= 15 is 14.4 Å². The summed E-state index contributed by atoms with van der Waals surface area (Å²) < 4.78 is 0. The van der Waals surface area contributed by atoms with E-state index in [0.717, 1.165) is 0 Å². The number of aliphatic hydroxyl groups is 1. The number of H-pyrrole nitrogens is 2. The van der Waals surface area contributed by atoms with Crippen LogP contribution in [0.5, 0.6) is 5.75 Å². The molecule has 28 heteroatoms. The minimum Gasteiger partial charge on any atom is -0.508 e. The molecule has 9 rings (SSSR count). The van der Waals surface area contributed by atoms with Crippen molar-refractivity contribution in [2.24, 2.45) is 22.4 Å². The van der Waals surface area contributed by atoms with Gasteiger partial charge in [0.15, 0.2) is 5.96 Å². The first-order valence-corrected chi connectivity index (χ1v) is 32.8. The first-order chi connectivity index (χ1) is 46.5. The SMILES string of the molecule is CC(C)C[C@H]1C(=O)N[C@H](CCCN=C(N)N)C(=O)N2CCC[C@H]2C(=O)NCCC(=O)N2CC=C[C@H]2C(=O)N[C@@H](Cc2ccc(Cl)cc2)C(=O)N[C@H](Cc2c[nH]c3ccccc23)C(=O)N[C@H](CO)C(=O)N[C@@H](Cc2ccc(O)cc2)C(=O)N[C@@H](Cc2c[nH]c3ccccc23)C(=O)N1C. The normalized spacial score (nSPS) is 23.4. The van der Waals surface area contributed by atoms with Crippen LogP contribution in [0.3, 0.4) is 0 Å². The number of nitrogens with zero attached hydrogens (tertiary/aromatic N) is 4. The van der Waals surface area contributed by atoms with Crippen LogP contribution in [0.15, 0.2) is 127 Å². The Morgan fingerprint density at radius 2 is 1.14 bits per heavy atom. The Balaban J connectivity index is 1.10. The number of aliphatic hydroxyl groups excluding tert-OH is 1. The van der Waals surface area contributed by atoms with Crippen LogP contribution >= 0.6 is 11.6 Å². The first-order valence-electron chi connectivity index (χ1n) is 32.5. The summed E-state index contributed by atoms with van der Waals surface area (Å²) >= 11 is 6.26. The Bertz CT molecular complexity index is 3910. The number of nitrogens with one attached hydrogen (secondary N) is 9. The van der Waals surface area contributed by atoms with Gasteiger partial charge in [0.1, 0.15) is 60.1 Å². The van der Waals surface area contributed by atoms with Gasteiger partial charge in [-0.15, -0.1) is 0 Å². The predicted molar refractivity (Wildman–Crippen MR) is 363 cm³/mol. The van der Waals surface area contributed by atoms with E-state index in [1.54, 1.807) is 67.0 Å². The summed E-state index contributed by atoms with van der Waals surface area (Å²) in [5.41, 5.74) is 14.8. The quantitative estimate of drug-likeness (QED) is 0.0299. The molecule has 514 valence electrons. The zero-order valence-electron chi connectivity index (χ0n) is 54.2. The monoisotopic (exact) mass is 1350 g/mol. The van der Waals surface area contributed by atoms with Crippen molar-refractivity contribution in [3.8, 4) is 5.75 Å². The largest absolute Gasteiger partial charge is 0.508 e. The predicted octanol–water partition coefficient (Wildman–Crippen LogP) is 1.38. The van der Waals surface area contributed by atoms with E-state index in [1.165, 1.54) is 52.1 Å². The fourth-order valence-electron chi connectivity index (χ4n) is 12.5. The summed E-state index contributed by atoms with van der Waals surface area (Å²) in [5.74, 6) is -8.25. The van der Waals surface area contributed by atoms with E-state index in [4.69, 9.17) is 23.1 Å². The molecule has 3 aliphatic rings. The number of aromatic nitrogens is 2. The van der Waals surface area contributed by atoms with E-state index in [-0.39, 0.29) is 102 Å². The molecule has 15 N–H and O–H groups in total. The van der Waals surface area contributed by atoms with E-state index in [9.17, 15) is 43.8 Å². The molecule has 0 bridgehead atoms. The number of phenolic OH excluding ortho intramolecular Hbond substituents is 1. The number of guanidine groups is 1. The highest BCUT2D eigenvalue weighted by molar-refractivity contribution is 6.30. The Morgan fingerprint density at radius 1 is 0.619 bits per heavy atom. The van der Waals surface area contributed by atoms with Gasteiger partial charge in [0.25, 0.3) is 0 Å². The van der Waals surface area contributed by atoms with Crippen LogP contribution in [-0.2, 0) is 73.6 Å². The van der Waals surface area contributed by atoms with Crippen LogP contribution < -0.4 is 48.7 Å². The van der Waals surface area contributed by atoms with E-state index in [0.29, 0.717) is 55.5 Å². The molecule has 0 radical (unpaired) electrons. The van der Waals surface area contributed by atoms with Gasteiger partial charge in [-0.3, -0.25) is 52.9 Å². The molecule has 5 heterocycles. The standard InChI is InChI=1S/C69H84ClN15O12/c1-39(2)31-58-66(95)77-50(15-8-27-74-69(71)72)68(97)85-30-10-16-56(85)64(93)73-28-26-59(88)84-29-9-17-57(84)65(94)80-52(32-40-18-22-44(70)23-19-40)60(89)79-53(34-42-36-75-48-13-6-4-11-46(42)48)62(91)82-55(38-86)63(92)78-51(33-41-20-24-45(87)25-21-41)61(90)81-54(67(96)83(58)3)35-43-37-76-49-14-7-5-12-47(43)49/h4-7,9,11-14,17-25,36-37,39,50-58,75-76,86-87H,8,10,15-16,26-35,38H2,1-3H3,(H,73,93)(H,77,95)(H,78,92)(H,79,89)(H,80,94)(H,81,90)(H,82,91)(H4,71,72,74)/t50-,51+,52+,53-,54+,55-,56+,57+,58+/m1/s1. The summed E-state index contributed by atoms with van der Waals surface area (Å²) in [5, 5.41) is 42.5. The van der Waals surface area contributed by atoms with Crippen molar-refractivity contribution >= 4 is 98.4 Å². The third kappa shape index (κ3) is 18.4. The number of hydrogen-bond donors (Lipinski definition) is 13. The number of aromatic amines is 2. The summed E-state index contributed by atoms with van der Waals surface area (Å²) in [7, 11) is 1.40. The van der Waals surface area contributed by atoms with Gasteiger partial charge in [-0.2, -0.15) is 0 Å². The fraction of sp³-hybridized carbons (Fsp3) is 0.406. The Morgan fingerprint density at radius 3 is 1.73 bits per heavy atom. The molecule has 3 aliphatic heterocycles. The lowest BCUT2D eigenvalue weighted by molar-refractivity contribution is -0.145. The van der Waals surface area contributed by atoms with Crippen LogP contribution in [0.25, 0.3) is 21.8 Å². The molecular formula is C69H84ClN15O12. The average molecular weight is 1350 g/mol. The van der Waals surface area contributed by atoms with E-state index < -0.39 is 120 Å². The second-order valence-electron chi connectivity index (χ2n) is 25.1. The minimum atomic E-state index is -1.80. The number of carbonyl (C=O) groups is 10. The van der Waals surface area contributed by atoms with Crippen molar-refractivity contribution in [3.05, 3.63) is 149 Å². The van der Waals surface area contributed by atoms with Gasteiger partial charge >= 0.3 is 0 Å². The van der Waals surface area contributed by atoms with Crippen LogP contribution in [0.2, 0.25) is 5.02 Å². The number of rotatable bonds is 15. The number of aromatic hydroxyl groups is 1. The van der Waals surface area contributed by atoms with Crippen molar-refractivity contribution < 1.29 is 58.2 Å². The van der Waals surface area contributed by atoms with Gasteiger partial charge in [0.05, 0.1) is 6.61 Å². The number of hydrogen-bond acceptors (Lipinski definition) is 13. The van der Waals surface area contributed by atoms with Gasteiger partial charge < -0.3 is 83.6 Å². The van der Waals surface area contributed by atoms with Crippen molar-refractivity contribution in [1.29, 1.82) is 0 Å². The van der Waals surface area contributed by atoms with Gasteiger partial charge in [-0.25, -0.2) is 0 Å². The van der Waals surface area contributed by atoms with Crippen LogP contribution in [-0.4, -0.2) is 194 Å². The maximum atomic E-state index is 15.5. The molecule has 4 aromatic carbocycles. The van der Waals surface area contributed by atoms with Gasteiger partial charge in [-0.05, 0) is 96.7 Å². The number of para-hydroxylation sites is 2. The summed E-state index contributed by atoms with van der Waals surface area (Å²) in [4.78, 5) is 163. The summed E-state index contributed by atoms with van der Waals surface area (Å²) in [6.45, 7) is 2.67. The van der Waals surface area contributed by atoms with Gasteiger partial charge in [0.2, 0.25) is 59.1 Å². The molecule has 10 amide bonds. The number of benzene rings is 4. The maximum Gasteiger partial charge on any atom is 0.247 e. The van der Waals surface area contributed by atoms with Crippen molar-refractivity contribution in [2.45, 2.75) is 132 Å². The third-order valence-electron chi connectivity index (χ3n) is 17.7. The van der Waals surface area contributed by atoms with Crippen molar-refractivity contribution in [1.82, 2.24) is 61.9 Å². The molecule has 0 aliphatic carbocycles. The highest BCUT2D eigenvalue weighted by Gasteiger charge is 2.42. The van der Waals surface area contributed by atoms with Crippen LogP contribution in [0.4, 0.5) is 0 Å². The zero-order chi connectivity index (χ0) is 69.4. The number of phenols is 1. The molecule has 9 atom stereocenters. The van der Waals surface area contributed by atoms with Crippen molar-refractivity contribution in [3.63, 3.8) is 0 Å². The topological polar surface area (TPSA) is 401 Å².